The Hall–Kier alpha value is -5.28. The minimum absolute atomic E-state index is 0.0344. The number of nitrogens with zero attached hydrogens (tertiary/aromatic N) is 4. The van der Waals surface area contributed by atoms with Crippen LogP contribution in [0.2, 0.25) is 0 Å². The minimum atomic E-state index is -4.99. The summed E-state index contributed by atoms with van der Waals surface area (Å²) in [6, 6.07) is 14.0. The second kappa shape index (κ2) is 16.6. The zero-order chi connectivity index (χ0) is 36.5. The SMILES string of the molecule is COc1cc(Nc2ncc(C(=O)Nc3c(C)cccc3C)c(Oc3ccccc3OC(F)(F)F)n2)cc(OC)c1OCCCN1CCN(C)CC1. The van der Waals surface area contributed by atoms with E-state index < -0.39 is 18.0 Å². The van der Waals surface area contributed by atoms with Crippen molar-refractivity contribution in [2.24, 2.45) is 0 Å². The van der Waals surface area contributed by atoms with E-state index in [0.717, 1.165) is 56.3 Å². The number of anilines is 3. The number of carbonyl (C=O) groups is 1. The molecule has 0 spiro atoms. The number of piperazine rings is 1. The number of aryl methyl sites for hydroxylation is 2. The van der Waals surface area contributed by atoms with Crippen molar-refractivity contribution in [3.8, 4) is 34.6 Å². The lowest BCUT2D eigenvalue weighted by atomic mass is 10.1. The van der Waals surface area contributed by atoms with Gasteiger partial charge in [-0.3, -0.25) is 4.79 Å². The third kappa shape index (κ3) is 9.92. The molecule has 1 aromatic heterocycles. The molecule has 1 amide bonds. The number of likely N-dealkylation sites (N-methyl/N-ethyl adjacent to an activating group) is 1. The van der Waals surface area contributed by atoms with Gasteiger partial charge < -0.3 is 44.1 Å². The molecule has 272 valence electrons. The molecule has 0 bridgehead atoms. The molecule has 1 aliphatic rings. The number of para-hydroxylation sites is 3. The van der Waals surface area contributed by atoms with Gasteiger partial charge in [-0.15, -0.1) is 13.2 Å². The number of nitrogens with one attached hydrogen (secondary N) is 2. The molecular formula is C36H41F3N6O6. The van der Waals surface area contributed by atoms with Crippen LogP contribution < -0.4 is 34.3 Å². The number of amides is 1. The fourth-order valence-electron chi connectivity index (χ4n) is 5.46. The van der Waals surface area contributed by atoms with E-state index in [1.54, 1.807) is 12.1 Å². The highest BCUT2D eigenvalue weighted by Crippen LogP contribution is 2.41. The Balaban J connectivity index is 1.40. The maximum Gasteiger partial charge on any atom is 0.573 e. The van der Waals surface area contributed by atoms with Crippen LogP contribution in [0.1, 0.15) is 27.9 Å². The molecule has 5 rings (SSSR count). The fourth-order valence-corrected chi connectivity index (χ4v) is 5.46. The van der Waals surface area contributed by atoms with E-state index in [-0.39, 0.29) is 23.1 Å². The highest BCUT2D eigenvalue weighted by atomic mass is 19.4. The van der Waals surface area contributed by atoms with E-state index in [0.29, 0.717) is 35.2 Å². The smallest absolute Gasteiger partial charge is 0.493 e. The molecule has 1 aliphatic heterocycles. The molecule has 0 unspecified atom stereocenters. The number of hydrogen-bond donors (Lipinski definition) is 2. The Bertz CT molecular complexity index is 1770. The average molecular weight is 711 g/mol. The standard InChI is InChI=1S/C36H41F3N6O6/c1-23-10-8-11-24(2)31(23)42-33(46)26-22-40-35(43-34(26)50-27-12-6-7-13-28(27)51-36(37,38)39)41-25-20-29(47-4)32(30(21-25)48-5)49-19-9-14-45-17-15-44(3)16-18-45/h6-8,10-13,20-22H,9,14-19H2,1-5H3,(H,42,46)(H,40,41,43). The van der Waals surface area contributed by atoms with E-state index >= 15 is 0 Å². The summed E-state index contributed by atoms with van der Waals surface area (Å²) < 4.78 is 67.0. The zero-order valence-corrected chi connectivity index (χ0v) is 29.1. The number of halogens is 3. The van der Waals surface area contributed by atoms with Crippen molar-refractivity contribution in [1.29, 1.82) is 0 Å². The number of aromatic nitrogens is 2. The summed E-state index contributed by atoms with van der Waals surface area (Å²) in [4.78, 5) is 27.0. The summed E-state index contributed by atoms with van der Waals surface area (Å²) >= 11 is 0. The highest BCUT2D eigenvalue weighted by Gasteiger charge is 2.33. The number of alkyl halides is 3. The molecule has 0 radical (unpaired) electrons. The van der Waals surface area contributed by atoms with Gasteiger partial charge in [0.15, 0.2) is 23.0 Å². The predicted octanol–water partition coefficient (Wildman–Crippen LogP) is 6.81. The highest BCUT2D eigenvalue weighted by molar-refractivity contribution is 6.06. The van der Waals surface area contributed by atoms with Gasteiger partial charge in [-0.1, -0.05) is 30.3 Å². The Morgan fingerprint density at radius 1 is 0.902 bits per heavy atom. The van der Waals surface area contributed by atoms with Crippen molar-refractivity contribution < 1.29 is 41.7 Å². The molecule has 4 aromatic rings. The molecular weight excluding hydrogens is 669 g/mol. The van der Waals surface area contributed by atoms with Crippen LogP contribution in [0.3, 0.4) is 0 Å². The molecule has 15 heteroatoms. The van der Waals surface area contributed by atoms with Crippen LogP contribution in [0.25, 0.3) is 0 Å². The molecule has 0 saturated carbocycles. The van der Waals surface area contributed by atoms with E-state index in [1.165, 1.54) is 38.6 Å². The van der Waals surface area contributed by atoms with Crippen LogP contribution in [0.4, 0.5) is 30.5 Å². The molecule has 1 fully saturated rings. The van der Waals surface area contributed by atoms with Gasteiger partial charge in [0.2, 0.25) is 17.6 Å². The third-order valence-electron chi connectivity index (χ3n) is 8.18. The molecule has 2 N–H and O–H groups in total. The lowest BCUT2D eigenvalue weighted by Gasteiger charge is -2.32. The van der Waals surface area contributed by atoms with Crippen molar-refractivity contribution in [2.75, 3.05) is 71.2 Å². The number of hydrogen-bond acceptors (Lipinski definition) is 11. The molecule has 2 heterocycles. The van der Waals surface area contributed by atoms with Crippen molar-refractivity contribution in [3.05, 3.63) is 77.5 Å². The summed E-state index contributed by atoms with van der Waals surface area (Å²) in [6.45, 7) is 9.14. The normalized spacial score (nSPS) is 13.7. The van der Waals surface area contributed by atoms with Crippen LogP contribution in [0, 0.1) is 13.8 Å². The maximum absolute atomic E-state index is 13.6. The van der Waals surface area contributed by atoms with Crippen molar-refractivity contribution in [1.82, 2.24) is 19.8 Å². The first-order valence-corrected chi connectivity index (χ1v) is 16.3. The number of carbonyl (C=O) groups excluding carboxylic acids is 1. The van der Waals surface area contributed by atoms with Gasteiger partial charge in [-0.2, -0.15) is 4.98 Å². The Morgan fingerprint density at radius 2 is 1.55 bits per heavy atom. The molecule has 1 saturated heterocycles. The van der Waals surface area contributed by atoms with Gasteiger partial charge in [0.05, 0.1) is 20.8 Å². The van der Waals surface area contributed by atoms with Crippen LogP contribution in [0.5, 0.6) is 34.6 Å². The van der Waals surface area contributed by atoms with E-state index in [9.17, 15) is 18.0 Å². The van der Waals surface area contributed by atoms with Gasteiger partial charge in [0.25, 0.3) is 5.91 Å². The van der Waals surface area contributed by atoms with Crippen molar-refractivity contribution >= 4 is 23.2 Å². The zero-order valence-electron chi connectivity index (χ0n) is 29.1. The van der Waals surface area contributed by atoms with Gasteiger partial charge in [0, 0.05) is 62.4 Å². The Morgan fingerprint density at radius 3 is 2.18 bits per heavy atom. The van der Waals surface area contributed by atoms with Crippen LogP contribution in [-0.4, -0.2) is 92.6 Å². The average Bonchev–Trinajstić information content (AvgIpc) is 3.09. The van der Waals surface area contributed by atoms with Crippen LogP contribution >= 0.6 is 0 Å². The second-order valence-electron chi connectivity index (χ2n) is 11.9. The number of benzene rings is 3. The first-order chi connectivity index (χ1) is 24.4. The Labute approximate surface area is 294 Å². The van der Waals surface area contributed by atoms with E-state index in [2.05, 4.69) is 42.2 Å². The Kier molecular flexibility index (Phi) is 12.1. The summed E-state index contributed by atoms with van der Waals surface area (Å²) in [5, 5.41) is 5.87. The maximum atomic E-state index is 13.6. The molecule has 0 atom stereocenters. The summed E-state index contributed by atoms with van der Waals surface area (Å²) in [7, 11) is 5.13. The number of ether oxygens (including phenoxy) is 5. The lowest BCUT2D eigenvalue weighted by Crippen LogP contribution is -2.44. The van der Waals surface area contributed by atoms with Crippen molar-refractivity contribution in [3.63, 3.8) is 0 Å². The number of rotatable bonds is 14. The third-order valence-corrected chi connectivity index (χ3v) is 8.18. The quantitative estimate of drug-likeness (QED) is 0.134. The monoisotopic (exact) mass is 710 g/mol. The minimum Gasteiger partial charge on any atom is -0.493 e. The summed E-state index contributed by atoms with van der Waals surface area (Å²) in [5.41, 5.74) is 2.48. The lowest BCUT2D eigenvalue weighted by molar-refractivity contribution is -0.275. The molecule has 0 aliphatic carbocycles. The fraction of sp³-hybridized carbons (Fsp3) is 0.361. The first kappa shape index (κ1) is 37.0. The second-order valence-corrected chi connectivity index (χ2v) is 11.9. The summed E-state index contributed by atoms with van der Waals surface area (Å²) in [6.07, 6.45) is -2.96. The van der Waals surface area contributed by atoms with E-state index in [4.69, 9.17) is 18.9 Å². The first-order valence-electron chi connectivity index (χ1n) is 16.3. The van der Waals surface area contributed by atoms with Crippen LogP contribution in [-0.2, 0) is 0 Å². The largest absolute Gasteiger partial charge is 0.573 e. The van der Waals surface area contributed by atoms with E-state index in [1.807, 2.05) is 32.0 Å². The molecule has 51 heavy (non-hydrogen) atoms. The summed E-state index contributed by atoms with van der Waals surface area (Å²) in [5.74, 6) is -0.742. The van der Waals surface area contributed by atoms with Gasteiger partial charge in [-0.25, -0.2) is 4.98 Å². The molecule has 3 aromatic carbocycles. The van der Waals surface area contributed by atoms with Gasteiger partial charge >= 0.3 is 6.36 Å². The molecule has 12 nitrogen and oxygen atoms in total. The van der Waals surface area contributed by atoms with Gasteiger partial charge in [0.1, 0.15) is 5.56 Å². The topological polar surface area (TPSA) is 120 Å². The predicted molar refractivity (Wildman–Crippen MR) is 186 cm³/mol. The van der Waals surface area contributed by atoms with Crippen molar-refractivity contribution in [2.45, 2.75) is 26.6 Å². The van der Waals surface area contributed by atoms with Gasteiger partial charge in [-0.05, 0) is 50.6 Å². The van der Waals surface area contributed by atoms with Crippen LogP contribution in [0.15, 0.2) is 60.8 Å². The number of methoxy groups -OCH3 is 2.